The number of nitrogens with one attached hydrogen (secondary N) is 1. The smallest absolute Gasteiger partial charge is 0.292 e. The molecule has 1 N–H and O–H groups in total. The molecule has 1 aromatic heterocycles. The van der Waals surface area contributed by atoms with Crippen molar-refractivity contribution in [2.45, 2.75) is 6.92 Å². The summed E-state index contributed by atoms with van der Waals surface area (Å²) in [5.74, 6) is 0.349. The van der Waals surface area contributed by atoms with Gasteiger partial charge in [0.25, 0.3) is 5.56 Å². The topological polar surface area (TPSA) is 70.5 Å². The van der Waals surface area contributed by atoms with E-state index in [0.29, 0.717) is 5.82 Å². The molecule has 0 fully saturated rings. The van der Waals surface area contributed by atoms with Crippen LogP contribution in [0.3, 0.4) is 0 Å². The molecular weight excluding hydrogens is 256 g/mol. The number of aromatic nitrogens is 2. The summed E-state index contributed by atoms with van der Waals surface area (Å²) in [6.07, 6.45) is 1.66. The van der Waals surface area contributed by atoms with Crippen LogP contribution in [-0.2, 0) is 7.05 Å². The van der Waals surface area contributed by atoms with Crippen molar-refractivity contribution in [3.63, 3.8) is 0 Å². The van der Waals surface area contributed by atoms with Crippen LogP contribution in [0.15, 0.2) is 45.0 Å². The first-order valence-corrected chi connectivity index (χ1v) is 6.12. The number of aromatic amines is 1. The summed E-state index contributed by atoms with van der Waals surface area (Å²) in [5, 5.41) is 5.64. The molecule has 0 amide bonds. The zero-order chi connectivity index (χ0) is 14.7. The number of H-pyrrole nitrogens is 1. The van der Waals surface area contributed by atoms with Crippen molar-refractivity contribution >= 4 is 12.0 Å². The summed E-state index contributed by atoms with van der Waals surface area (Å²) in [6, 6.07) is 9.19. The van der Waals surface area contributed by atoms with Gasteiger partial charge in [0.15, 0.2) is 0 Å². The summed E-state index contributed by atoms with van der Waals surface area (Å²) in [4.78, 5) is 25.6. The maximum Gasteiger partial charge on any atom is 0.329 e. The van der Waals surface area contributed by atoms with Gasteiger partial charge in [-0.1, -0.05) is 29.8 Å². The van der Waals surface area contributed by atoms with Crippen molar-refractivity contribution in [3.05, 3.63) is 62.3 Å². The van der Waals surface area contributed by atoms with Gasteiger partial charge in [0.05, 0.1) is 6.21 Å². The van der Waals surface area contributed by atoms with Gasteiger partial charge in [0, 0.05) is 20.2 Å². The molecule has 104 valence electrons. The Balaban J connectivity index is 2.24. The zero-order valence-corrected chi connectivity index (χ0v) is 11.6. The van der Waals surface area contributed by atoms with Crippen LogP contribution in [0.5, 0.6) is 0 Å². The highest BCUT2D eigenvalue weighted by molar-refractivity contribution is 5.80. The molecule has 20 heavy (non-hydrogen) atoms. The Labute approximate surface area is 116 Å². The lowest BCUT2D eigenvalue weighted by molar-refractivity contribution is 0.766. The normalized spacial score (nSPS) is 10.9. The highest BCUT2D eigenvalue weighted by atomic mass is 16.2. The molecule has 2 aromatic rings. The number of aryl methyl sites for hydroxylation is 1. The molecule has 0 aliphatic heterocycles. The molecule has 1 aromatic carbocycles. The molecular formula is C14H16N4O2. The fraction of sp³-hybridized carbons (Fsp3) is 0.214. The SMILES string of the molecule is Cc1ccc(/C=N\N(C)c2cc(=O)n(C)c(=O)[nH]2)cc1. The van der Waals surface area contributed by atoms with Gasteiger partial charge in [0.1, 0.15) is 5.82 Å². The third-order valence-corrected chi connectivity index (χ3v) is 2.94. The molecule has 0 radical (unpaired) electrons. The average molecular weight is 272 g/mol. The first-order chi connectivity index (χ1) is 9.47. The lowest BCUT2D eigenvalue weighted by atomic mass is 10.2. The average Bonchev–Trinajstić information content (AvgIpc) is 2.43. The van der Waals surface area contributed by atoms with E-state index in [1.807, 2.05) is 31.2 Å². The minimum Gasteiger partial charge on any atom is -0.292 e. The molecule has 1 heterocycles. The summed E-state index contributed by atoms with van der Waals surface area (Å²) in [7, 11) is 3.08. The van der Waals surface area contributed by atoms with Crippen molar-refractivity contribution in [3.8, 4) is 0 Å². The van der Waals surface area contributed by atoms with Crippen LogP contribution in [0.1, 0.15) is 11.1 Å². The van der Waals surface area contributed by atoms with Crippen molar-refractivity contribution in [1.29, 1.82) is 0 Å². The first kappa shape index (κ1) is 13.8. The number of anilines is 1. The maximum atomic E-state index is 11.5. The van der Waals surface area contributed by atoms with Crippen LogP contribution in [0.2, 0.25) is 0 Å². The fourth-order valence-corrected chi connectivity index (χ4v) is 1.59. The van der Waals surface area contributed by atoms with E-state index >= 15 is 0 Å². The summed E-state index contributed by atoms with van der Waals surface area (Å²) in [6.45, 7) is 2.01. The number of hydrogen-bond donors (Lipinski definition) is 1. The van der Waals surface area contributed by atoms with Gasteiger partial charge in [-0.2, -0.15) is 5.10 Å². The third-order valence-electron chi connectivity index (χ3n) is 2.94. The second-order valence-electron chi connectivity index (χ2n) is 4.54. The molecule has 0 saturated carbocycles. The van der Waals surface area contributed by atoms with E-state index in [9.17, 15) is 9.59 Å². The Bertz CT molecular complexity index is 710. The van der Waals surface area contributed by atoms with Gasteiger partial charge in [-0.25, -0.2) is 4.79 Å². The maximum absolute atomic E-state index is 11.5. The number of hydrogen-bond acceptors (Lipinski definition) is 4. The van der Waals surface area contributed by atoms with Gasteiger partial charge in [0.2, 0.25) is 0 Å². The van der Waals surface area contributed by atoms with Crippen LogP contribution >= 0.6 is 0 Å². The standard InChI is InChI=1S/C14H16N4O2/c1-10-4-6-11(7-5-10)9-15-18(3)12-8-13(19)17(2)14(20)16-12/h4-9H,1-3H3,(H,16,20)/b15-9-. The van der Waals surface area contributed by atoms with Crippen LogP contribution in [0.25, 0.3) is 0 Å². The molecule has 6 nitrogen and oxygen atoms in total. The van der Waals surface area contributed by atoms with Gasteiger partial charge in [-0.15, -0.1) is 0 Å². The van der Waals surface area contributed by atoms with Gasteiger partial charge < -0.3 is 0 Å². The summed E-state index contributed by atoms with van der Waals surface area (Å²) >= 11 is 0. The Kier molecular flexibility index (Phi) is 3.84. The van der Waals surface area contributed by atoms with Crippen molar-refractivity contribution in [1.82, 2.24) is 9.55 Å². The van der Waals surface area contributed by atoms with Crippen molar-refractivity contribution in [2.24, 2.45) is 12.1 Å². The third kappa shape index (κ3) is 3.03. The second kappa shape index (κ2) is 5.56. The Hall–Kier alpha value is -2.63. The van der Waals surface area contributed by atoms with Crippen molar-refractivity contribution in [2.75, 3.05) is 12.1 Å². The van der Waals surface area contributed by atoms with Crippen LogP contribution in [-0.4, -0.2) is 22.8 Å². The number of hydrazone groups is 1. The van der Waals surface area contributed by atoms with Gasteiger partial charge in [-0.05, 0) is 12.5 Å². The van der Waals surface area contributed by atoms with Gasteiger partial charge >= 0.3 is 5.69 Å². The quantitative estimate of drug-likeness (QED) is 0.665. The molecule has 0 atom stereocenters. The molecule has 2 rings (SSSR count). The Morgan fingerprint density at radius 3 is 2.50 bits per heavy atom. The molecule has 0 unspecified atom stereocenters. The summed E-state index contributed by atoms with van der Waals surface area (Å²) in [5.41, 5.74) is 1.27. The van der Waals surface area contributed by atoms with E-state index in [1.54, 1.807) is 13.3 Å². The highest BCUT2D eigenvalue weighted by Gasteiger charge is 2.03. The molecule has 0 bridgehead atoms. The van der Waals surface area contributed by atoms with E-state index in [2.05, 4.69) is 10.1 Å². The summed E-state index contributed by atoms with van der Waals surface area (Å²) < 4.78 is 1.00. The fourth-order valence-electron chi connectivity index (χ4n) is 1.59. The van der Waals surface area contributed by atoms with E-state index in [1.165, 1.54) is 23.7 Å². The number of rotatable bonds is 3. The lowest BCUT2D eigenvalue weighted by Crippen LogP contribution is -2.33. The Morgan fingerprint density at radius 2 is 1.90 bits per heavy atom. The monoisotopic (exact) mass is 272 g/mol. The minimum atomic E-state index is -0.468. The van der Waals surface area contributed by atoms with E-state index in [4.69, 9.17) is 0 Å². The molecule has 0 spiro atoms. The van der Waals surface area contributed by atoms with Gasteiger partial charge in [-0.3, -0.25) is 19.4 Å². The largest absolute Gasteiger partial charge is 0.329 e. The van der Waals surface area contributed by atoms with E-state index in [-0.39, 0.29) is 5.56 Å². The number of benzene rings is 1. The molecule has 0 aliphatic carbocycles. The predicted octanol–water partition coefficient (Wildman–Crippen LogP) is 0.852. The zero-order valence-electron chi connectivity index (χ0n) is 11.6. The molecule has 0 saturated heterocycles. The first-order valence-electron chi connectivity index (χ1n) is 6.12. The highest BCUT2D eigenvalue weighted by Crippen LogP contribution is 2.04. The lowest BCUT2D eigenvalue weighted by Gasteiger charge is -2.12. The second-order valence-corrected chi connectivity index (χ2v) is 4.54. The van der Waals surface area contributed by atoms with E-state index in [0.717, 1.165) is 10.1 Å². The van der Waals surface area contributed by atoms with Crippen LogP contribution in [0, 0.1) is 6.92 Å². The minimum absolute atomic E-state index is 0.349. The van der Waals surface area contributed by atoms with Crippen LogP contribution < -0.4 is 16.3 Å². The van der Waals surface area contributed by atoms with Crippen molar-refractivity contribution < 1.29 is 0 Å². The van der Waals surface area contributed by atoms with Crippen LogP contribution in [0.4, 0.5) is 5.82 Å². The number of nitrogens with zero attached hydrogens (tertiary/aromatic N) is 3. The molecule has 0 aliphatic rings. The Morgan fingerprint density at radius 1 is 1.25 bits per heavy atom. The predicted molar refractivity (Wildman–Crippen MR) is 79.5 cm³/mol. The molecule has 6 heteroatoms. The van der Waals surface area contributed by atoms with E-state index < -0.39 is 5.69 Å².